The van der Waals surface area contributed by atoms with E-state index in [-0.39, 0.29) is 16.6 Å². The van der Waals surface area contributed by atoms with Crippen LogP contribution in [0.25, 0.3) is 0 Å². The van der Waals surface area contributed by atoms with E-state index >= 15 is 0 Å². The maximum atomic E-state index is 7.28. The van der Waals surface area contributed by atoms with Gasteiger partial charge in [-0.3, -0.25) is 0 Å². The van der Waals surface area contributed by atoms with Crippen LogP contribution in [0.3, 0.4) is 0 Å². The van der Waals surface area contributed by atoms with E-state index in [1.165, 1.54) is 0 Å². The fourth-order valence-corrected chi connectivity index (χ4v) is 7.07. The number of ether oxygens (including phenoxy) is 4. The van der Waals surface area contributed by atoms with Gasteiger partial charge in [-0.2, -0.15) is 0 Å². The minimum Gasteiger partial charge on any atom is -0.405 e. The van der Waals surface area contributed by atoms with Gasteiger partial charge in [-0.1, -0.05) is 112 Å². The second-order valence-corrected chi connectivity index (χ2v) is 17.5. The Morgan fingerprint density at radius 3 is 1.77 bits per heavy atom. The van der Waals surface area contributed by atoms with Crippen molar-refractivity contribution in [3.05, 3.63) is 108 Å². The van der Waals surface area contributed by atoms with Crippen LogP contribution in [0, 0.1) is 5.41 Å². The van der Waals surface area contributed by atoms with Gasteiger partial charge in [-0.15, -0.1) is 0 Å². The van der Waals surface area contributed by atoms with Crippen molar-refractivity contribution in [2.45, 2.75) is 83.1 Å². The van der Waals surface area contributed by atoms with Crippen LogP contribution in [-0.4, -0.2) is 39.5 Å². The van der Waals surface area contributed by atoms with Crippen molar-refractivity contribution >= 4 is 8.32 Å². The summed E-state index contributed by atoms with van der Waals surface area (Å²) in [4.78, 5) is 0. The van der Waals surface area contributed by atoms with E-state index in [0.29, 0.717) is 33.0 Å². The largest absolute Gasteiger partial charge is 0.405 e. The lowest BCUT2D eigenvalue weighted by atomic mass is 9.97. The fraction of sp³-hybridized carbons (Fsp3) is 0.471. The lowest BCUT2D eigenvalue weighted by Crippen LogP contribution is -2.50. The van der Waals surface area contributed by atoms with Gasteiger partial charge in [0.05, 0.1) is 44.6 Å². The predicted molar refractivity (Wildman–Crippen MR) is 160 cm³/mol. The van der Waals surface area contributed by atoms with Gasteiger partial charge in [-0.05, 0) is 41.2 Å². The summed E-state index contributed by atoms with van der Waals surface area (Å²) in [7, 11) is -2.17. The standard InChI is InChI=1S/C34H44O5Si/c1-32(2,3)40(4,5)39-34-25-33(34,26-36-22-28-17-11-7-12-18-28)30(24-35-21-27-15-9-6-10-16-27)38-31(34)37-23-29-19-13-8-14-20-29/h6-20,30-31H,21-26H2,1-5H3/t30-,31-,33-,34+/m1/s1. The Balaban J connectivity index is 1.38. The number of rotatable bonds is 13. The summed E-state index contributed by atoms with van der Waals surface area (Å²) in [5.41, 5.74) is 2.51. The Morgan fingerprint density at radius 1 is 0.750 bits per heavy atom. The van der Waals surface area contributed by atoms with Crippen LogP contribution in [0.2, 0.25) is 18.1 Å². The first-order valence-electron chi connectivity index (χ1n) is 14.4. The molecule has 0 bridgehead atoms. The normalized spacial score (nSPS) is 26.0. The van der Waals surface area contributed by atoms with E-state index in [1.807, 2.05) is 54.6 Å². The maximum Gasteiger partial charge on any atom is 0.193 e. The topological polar surface area (TPSA) is 46.2 Å². The summed E-state index contributed by atoms with van der Waals surface area (Å²) < 4.78 is 33.2. The van der Waals surface area contributed by atoms with Crippen molar-refractivity contribution < 1.29 is 23.4 Å². The highest BCUT2D eigenvalue weighted by Gasteiger charge is 2.82. The highest BCUT2D eigenvalue weighted by molar-refractivity contribution is 6.74. The molecular formula is C34H44O5Si. The zero-order chi connectivity index (χ0) is 28.3. The third-order valence-corrected chi connectivity index (χ3v) is 13.4. The molecule has 0 radical (unpaired) electrons. The summed E-state index contributed by atoms with van der Waals surface area (Å²) in [5, 5.41) is 0.0485. The molecule has 1 aliphatic carbocycles. The minimum absolute atomic E-state index is 0.0485. The average Bonchev–Trinajstić information content (AvgIpc) is 3.51. The van der Waals surface area contributed by atoms with Crippen molar-refractivity contribution in [1.29, 1.82) is 0 Å². The second kappa shape index (κ2) is 11.9. The maximum absolute atomic E-state index is 7.28. The van der Waals surface area contributed by atoms with Crippen molar-refractivity contribution in [1.82, 2.24) is 0 Å². The molecule has 5 rings (SSSR count). The SMILES string of the molecule is CC(C)(C)[Si](C)(C)O[C@]12C[C@@]1(COCc1ccccc1)[C@@H](COCc1ccccc1)O[C@H]2OCc1ccccc1. The Hall–Kier alpha value is -2.32. The van der Waals surface area contributed by atoms with Crippen molar-refractivity contribution in [2.75, 3.05) is 13.2 Å². The van der Waals surface area contributed by atoms with Crippen LogP contribution in [-0.2, 0) is 43.2 Å². The van der Waals surface area contributed by atoms with Gasteiger partial charge in [0.2, 0.25) is 0 Å². The van der Waals surface area contributed by atoms with Gasteiger partial charge in [0.15, 0.2) is 14.6 Å². The second-order valence-electron chi connectivity index (χ2n) is 12.8. The minimum atomic E-state index is -2.17. The molecule has 0 spiro atoms. The van der Waals surface area contributed by atoms with E-state index in [4.69, 9.17) is 23.4 Å². The number of hydrogen-bond acceptors (Lipinski definition) is 5. The van der Waals surface area contributed by atoms with E-state index in [9.17, 15) is 0 Å². The highest BCUT2D eigenvalue weighted by Crippen LogP contribution is 2.70. The quantitative estimate of drug-likeness (QED) is 0.202. The van der Waals surface area contributed by atoms with E-state index in [0.717, 1.165) is 23.1 Å². The molecule has 0 amide bonds. The third kappa shape index (κ3) is 6.13. The average molecular weight is 561 g/mol. The summed E-state index contributed by atoms with van der Waals surface area (Å²) in [5.74, 6) is 0. The summed E-state index contributed by atoms with van der Waals surface area (Å²) >= 11 is 0. The molecule has 1 saturated carbocycles. The molecule has 1 saturated heterocycles. The molecule has 3 aromatic rings. The Morgan fingerprint density at radius 2 is 1.25 bits per heavy atom. The summed E-state index contributed by atoms with van der Waals surface area (Å²) in [6.45, 7) is 14.0. The molecule has 0 aromatic heterocycles. The summed E-state index contributed by atoms with van der Waals surface area (Å²) in [6, 6.07) is 30.8. The molecule has 0 unspecified atom stereocenters. The fourth-order valence-electron chi connectivity index (χ4n) is 5.48. The number of benzene rings is 3. The van der Waals surface area contributed by atoms with E-state index < -0.39 is 20.2 Å². The molecule has 5 nitrogen and oxygen atoms in total. The Labute approximate surface area is 240 Å². The molecule has 214 valence electrons. The van der Waals surface area contributed by atoms with Crippen molar-refractivity contribution in [3.63, 3.8) is 0 Å². The molecule has 2 aliphatic rings. The lowest BCUT2D eigenvalue weighted by molar-refractivity contribution is -0.200. The lowest BCUT2D eigenvalue weighted by Gasteiger charge is -2.41. The van der Waals surface area contributed by atoms with Crippen LogP contribution < -0.4 is 0 Å². The molecule has 6 heteroatoms. The first-order valence-corrected chi connectivity index (χ1v) is 17.3. The molecule has 2 fully saturated rings. The van der Waals surface area contributed by atoms with Crippen LogP contribution >= 0.6 is 0 Å². The van der Waals surface area contributed by atoms with Crippen LogP contribution in [0.5, 0.6) is 0 Å². The molecule has 40 heavy (non-hydrogen) atoms. The number of hydrogen-bond donors (Lipinski definition) is 0. The Kier molecular flexibility index (Phi) is 8.67. The smallest absolute Gasteiger partial charge is 0.193 e. The van der Waals surface area contributed by atoms with Gasteiger partial charge < -0.3 is 23.4 Å². The molecular weight excluding hydrogens is 516 g/mol. The first kappa shape index (κ1) is 29.2. The predicted octanol–water partition coefficient (Wildman–Crippen LogP) is 7.51. The van der Waals surface area contributed by atoms with Crippen LogP contribution in [0.1, 0.15) is 43.9 Å². The van der Waals surface area contributed by atoms with Crippen molar-refractivity contribution in [2.24, 2.45) is 5.41 Å². The molecule has 0 N–H and O–H groups in total. The van der Waals surface area contributed by atoms with E-state index in [1.54, 1.807) is 0 Å². The van der Waals surface area contributed by atoms with Gasteiger partial charge in [0.25, 0.3) is 0 Å². The third-order valence-electron chi connectivity index (χ3n) is 8.92. The molecule has 1 heterocycles. The van der Waals surface area contributed by atoms with E-state index in [2.05, 4.69) is 70.3 Å². The van der Waals surface area contributed by atoms with Crippen LogP contribution in [0.4, 0.5) is 0 Å². The van der Waals surface area contributed by atoms with Gasteiger partial charge in [0.1, 0.15) is 5.60 Å². The van der Waals surface area contributed by atoms with Crippen molar-refractivity contribution in [3.8, 4) is 0 Å². The summed E-state index contributed by atoms with van der Waals surface area (Å²) in [6.07, 6.45) is 0.144. The van der Waals surface area contributed by atoms with Gasteiger partial charge in [-0.25, -0.2) is 0 Å². The molecule has 3 aromatic carbocycles. The number of fused-ring (bicyclic) bond motifs is 1. The zero-order valence-electron chi connectivity index (χ0n) is 24.6. The van der Waals surface area contributed by atoms with Gasteiger partial charge in [0, 0.05) is 0 Å². The monoisotopic (exact) mass is 560 g/mol. The molecule has 4 atom stereocenters. The highest BCUT2D eigenvalue weighted by atomic mass is 28.4. The first-order chi connectivity index (χ1) is 19.2. The molecule has 1 aliphatic heterocycles. The van der Waals surface area contributed by atoms with Gasteiger partial charge >= 0.3 is 0 Å². The van der Waals surface area contributed by atoms with Crippen LogP contribution in [0.15, 0.2) is 91.0 Å². The zero-order valence-corrected chi connectivity index (χ0v) is 25.6. The Bertz CT molecular complexity index is 1210.